The molecule has 0 saturated carbocycles. The molecule has 0 aromatic carbocycles. The van der Waals surface area contributed by atoms with Gasteiger partial charge in [-0.25, -0.2) is 4.57 Å². The largest absolute Gasteiger partial charge is 0.384 e. The van der Waals surface area contributed by atoms with Gasteiger partial charge in [0.1, 0.15) is 7.05 Å². The molecule has 0 aliphatic carbocycles. The maximum absolute atomic E-state index is 5.10. The van der Waals surface area contributed by atoms with Crippen molar-refractivity contribution in [3.8, 4) is 0 Å². The van der Waals surface area contributed by atoms with Gasteiger partial charge >= 0.3 is 0 Å². The summed E-state index contributed by atoms with van der Waals surface area (Å²) < 4.78 is 7.23. The average molecular weight is 166 g/mol. The Hall–Kier alpha value is -0.890. The highest BCUT2D eigenvalue weighted by Gasteiger charge is 2.13. The van der Waals surface area contributed by atoms with Crippen LogP contribution in [0.25, 0.3) is 0 Å². The SMILES string of the molecule is COCC(C)c1cccc[n+]1C. The molecule has 1 unspecified atom stereocenters. The molecule has 1 aromatic rings. The van der Waals surface area contributed by atoms with E-state index in [2.05, 4.69) is 36.9 Å². The zero-order chi connectivity index (χ0) is 8.97. The molecule has 1 aromatic heterocycles. The van der Waals surface area contributed by atoms with Crippen molar-refractivity contribution < 1.29 is 9.30 Å². The number of hydrogen-bond acceptors (Lipinski definition) is 1. The highest BCUT2D eigenvalue weighted by Crippen LogP contribution is 2.09. The first-order valence-electron chi connectivity index (χ1n) is 4.19. The third-order valence-electron chi connectivity index (χ3n) is 2.02. The van der Waals surface area contributed by atoms with E-state index in [-0.39, 0.29) is 0 Å². The molecule has 1 rings (SSSR count). The van der Waals surface area contributed by atoms with Crippen molar-refractivity contribution in [2.45, 2.75) is 12.8 Å². The smallest absolute Gasteiger partial charge is 0.186 e. The first kappa shape index (κ1) is 9.20. The van der Waals surface area contributed by atoms with Crippen molar-refractivity contribution in [2.75, 3.05) is 13.7 Å². The summed E-state index contributed by atoms with van der Waals surface area (Å²) in [5.74, 6) is 0.459. The molecule has 2 heteroatoms. The molecule has 0 bridgehead atoms. The fraction of sp³-hybridized carbons (Fsp3) is 0.500. The van der Waals surface area contributed by atoms with Gasteiger partial charge in [-0.05, 0) is 0 Å². The van der Waals surface area contributed by atoms with E-state index >= 15 is 0 Å². The minimum absolute atomic E-state index is 0.459. The van der Waals surface area contributed by atoms with Crippen LogP contribution >= 0.6 is 0 Å². The second kappa shape index (κ2) is 4.21. The number of methoxy groups -OCH3 is 1. The number of aromatic nitrogens is 1. The van der Waals surface area contributed by atoms with Crippen LogP contribution in [0.4, 0.5) is 0 Å². The first-order chi connectivity index (χ1) is 5.75. The van der Waals surface area contributed by atoms with E-state index in [0.717, 1.165) is 6.61 Å². The molecule has 1 heterocycles. The number of ether oxygens (including phenoxy) is 1. The summed E-state index contributed by atoms with van der Waals surface area (Å²) in [6, 6.07) is 6.22. The fourth-order valence-electron chi connectivity index (χ4n) is 1.38. The van der Waals surface area contributed by atoms with Crippen LogP contribution in [-0.2, 0) is 11.8 Å². The number of hydrogen-bond donors (Lipinski definition) is 0. The van der Waals surface area contributed by atoms with Gasteiger partial charge in [-0.3, -0.25) is 0 Å². The molecule has 0 amide bonds. The predicted molar refractivity (Wildman–Crippen MR) is 47.9 cm³/mol. The highest BCUT2D eigenvalue weighted by molar-refractivity contribution is 5.02. The number of rotatable bonds is 3. The zero-order valence-electron chi connectivity index (χ0n) is 7.95. The first-order valence-corrected chi connectivity index (χ1v) is 4.19. The lowest BCUT2D eigenvalue weighted by atomic mass is 10.1. The molecule has 12 heavy (non-hydrogen) atoms. The van der Waals surface area contributed by atoms with Crippen LogP contribution < -0.4 is 4.57 Å². The third-order valence-corrected chi connectivity index (χ3v) is 2.02. The van der Waals surface area contributed by atoms with E-state index in [9.17, 15) is 0 Å². The lowest BCUT2D eigenvalue weighted by Gasteiger charge is -2.06. The van der Waals surface area contributed by atoms with Gasteiger partial charge in [0.05, 0.1) is 12.5 Å². The van der Waals surface area contributed by atoms with Crippen molar-refractivity contribution >= 4 is 0 Å². The summed E-state index contributed by atoms with van der Waals surface area (Å²) in [6.07, 6.45) is 2.06. The lowest BCUT2D eigenvalue weighted by Crippen LogP contribution is -2.34. The van der Waals surface area contributed by atoms with Gasteiger partial charge in [0.15, 0.2) is 11.9 Å². The van der Waals surface area contributed by atoms with Gasteiger partial charge in [0, 0.05) is 19.2 Å². The Balaban J connectivity index is 2.79. The van der Waals surface area contributed by atoms with Crippen molar-refractivity contribution in [1.29, 1.82) is 0 Å². The summed E-state index contributed by atoms with van der Waals surface area (Å²) >= 11 is 0. The summed E-state index contributed by atoms with van der Waals surface area (Å²) in [5.41, 5.74) is 1.30. The van der Waals surface area contributed by atoms with Gasteiger partial charge in [-0.15, -0.1) is 0 Å². The van der Waals surface area contributed by atoms with E-state index in [1.165, 1.54) is 5.69 Å². The maximum Gasteiger partial charge on any atom is 0.186 e. The van der Waals surface area contributed by atoms with E-state index in [0.29, 0.717) is 5.92 Å². The van der Waals surface area contributed by atoms with Crippen LogP contribution in [0, 0.1) is 0 Å². The fourth-order valence-corrected chi connectivity index (χ4v) is 1.38. The predicted octanol–water partition coefficient (Wildman–Crippen LogP) is 1.26. The summed E-state index contributed by atoms with van der Waals surface area (Å²) in [7, 11) is 3.79. The van der Waals surface area contributed by atoms with E-state index in [1.807, 2.05) is 6.07 Å². The number of aryl methyl sites for hydroxylation is 1. The van der Waals surface area contributed by atoms with Gasteiger partial charge in [0.25, 0.3) is 0 Å². The van der Waals surface area contributed by atoms with Crippen molar-refractivity contribution in [3.63, 3.8) is 0 Å². The molecule has 0 saturated heterocycles. The van der Waals surface area contributed by atoms with Crippen LogP contribution in [0.2, 0.25) is 0 Å². The van der Waals surface area contributed by atoms with Gasteiger partial charge in [-0.2, -0.15) is 0 Å². The molecular formula is C10H16NO+. The summed E-state index contributed by atoms with van der Waals surface area (Å²) in [6.45, 7) is 2.94. The molecule has 2 nitrogen and oxygen atoms in total. The topological polar surface area (TPSA) is 13.1 Å². The molecule has 0 spiro atoms. The summed E-state index contributed by atoms with van der Waals surface area (Å²) in [4.78, 5) is 0. The zero-order valence-corrected chi connectivity index (χ0v) is 7.95. The Morgan fingerprint density at radius 3 is 2.83 bits per heavy atom. The molecule has 0 fully saturated rings. The van der Waals surface area contributed by atoms with Crippen LogP contribution in [-0.4, -0.2) is 13.7 Å². The van der Waals surface area contributed by atoms with Crippen molar-refractivity contribution in [3.05, 3.63) is 30.1 Å². The van der Waals surface area contributed by atoms with E-state index in [1.54, 1.807) is 7.11 Å². The third kappa shape index (κ3) is 2.05. The number of pyridine rings is 1. The van der Waals surface area contributed by atoms with Crippen molar-refractivity contribution in [1.82, 2.24) is 0 Å². The van der Waals surface area contributed by atoms with Crippen LogP contribution in [0.3, 0.4) is 0 Å². The minimum Gasteiger partial charge on any atom is -0.384 e. The molecular weight excluding hydrogens is 150 g/mol. The highest BCUT2D eigenvalue weighted by atomic mass is 16.5. The van der Waals surface area contributed by atoms with Gasteiger partial charge in [-0.1, -0.05) is 13.0 Å². The minimum atomic E-state index is 0.459. The average Bonchev–Trinajstić information content (AvgIpc) is 2.05. The standard InChI is InChI=1S/C10H16NO/c1-9(8-12-3)10-6-4-5-7-11(10)2/h4-7,9H,8H2,1-3H3/q+1. The molecule has 0 radical (unpaired) electrons. The Bertz CT molecular complexity index is 247. The van der Waals surface area contributed by atoms with E-state index in [4.69, 9.17) is 4.74 Å². The Morgan fingerprint density at radius 1 is 1.50 bits per heavy atom. The maximum atomic E-state index is 5.10. The Morgan fingerprint density at radius 2 is 2.25 bits per heavy atom. The molecule has 0 aliphatic heterocycles. The quantitative estimate of drug-likeness (QED) is 0.616. The Kier molecular flexibility index (Phi) is 3.23. The van der Waals surface area contributed by atoms with Crippen LogP contribution in [0.1, 0.15) is 18.5 Å². The molecule has 66 valence electrons. The Labute approximate surface area is 73.8 Å². The number of nitrogens with zero attached hydrogens (tertiary/aromatic N) is 1. The van der Waals surface area contributed by atoms with Gasteiger partial charge in [0.2, 0.25) is 0 Å². The van der Waals surface area contributed by atoms with Gasteiger partial charge < -0.3 is 4.74 Å². The van der Waals surface area contributed by atoms with Crippen LogP contribution in [0.15, 0.2) is 24.4 Å². The molecule has 1 atom stereocenters. The van der Waals surface area contributed by atoms with Crippen molar-refractivity contribution in [2.24, 2.45) is 7.05 Å². The molecule has 0 N–H and O–H groups in total. The second-order valence-electron chi connectivity index (χ2n) is 3.09. The monoisotopic (exact) mass is 166 g/mol. The molecule has 0 aliphatic rings. The van der Waals surface area contributed by atoms with E-state index < -0.39 is 0 Å². The lowest BCUT2D eigenvalue weighted by molar-refractivity contribution is -0.680. The normalized spacial score (nSPS) is 12.9. The summed E-state index contributed by atoms with van der Waals surface area (Å²) in [5, 5.41) is 0. The van der Waals surface area contributed by atoms with Crippen LogP contribution in [0.5, 0.6) is 0 Å². The second-order valence-corrected chi connectivity index (χ2v) is 3.09.